The highest BCUT2D eigenvalue weighted by atomic mass is 35.5. The fourth-order valence-electron chi connectivity index (χ4n) is 2.91. The van der Waals surface area contributed by atoms with Gasteiger partial charge in [0.2, 0.25) is 12.7 Å². The lowest BCUT2D eigenvalue weighted by molar-refractivity contribution is -0.119. The van der Waals surface area contributed by atoms with Crippen molar-refractivity contribution in [2.24, 2.45) is 0 Å². The smallest absolute Gasteiger partial charge is 0.341 e. The lowest BCUT2D eigenvalue weighted by atomic mass is 10.3. The SMILES string of the molecule is O=C(COC(=O)c1cccnc1SCC(=O)Nc1ccc2c(c1)OCO2)Nc1ccc(Cl)cc1. The van der Waals surface area contributed by atoms with E-state index in [0.29, 0.717) is 32.9 Å². The Balaban J connectivity index is 1.29. The molecule has 0 fully saturated rings. The van der Waals surface area contributed by atoms with Gasteiger partial charge < -0.3 is 24.8 Å². The number of ether oxygens (including phenoxy) is 3. The molecule has 1 aliphatic rings. The Bertz CT molecular complexity index is 1220. The first-order valence-electron chi connectivity index (χ1n) is 9.98. The molecule has 0 aliphatic carbocycles. The number of fused-ring (bicyclic) bond motifs is 1. The molecule has 0 saturated heterocycles. The molecule has 3 aromatic rings. The molecular formula is C23H18ClN3O6S. The van der Waals surface area contributed by atoms with Crippen molar-refractivity contribution in [2.45, 2.75) is 5.03 Å². The summed E-state index contributed by atoms with van der Waals surface area (Å²) in [4.78, 5) is 41.1. The van der Waals surface area contributed by atoms with Crippen molar-refractivity contribution < 1.29 is 28.6 Å². The third-order valence-electron chi connectivity index (χ3n) is 4.45. The average Bonchev–Trinajstić information content (AvgIpc) is 3.31. The molecule has 0 saturated carbocycles. The Labute approximate surface area is 203 Å². The van der Waals surface area contributed by atoms with Gasteiger partial charge in [0.1, 0.15) is 5.03 Å². The second kappa shape index (κ2) is 10.9. The van der Waals surface area contributed by atoms with Gasteiger partial charge in [-0.05, 0) is 48.5 Å². The van der Waals surface area contributed by atoms with Crippen LogP contribution in [0.5, 0.6) is 11.5 Å². The van der Waals surface area contributed by atoms with Crippen LogP contribution in [-0.2, 0) is 14.3 Å². The second-order valence-electron chi connectivity index (χ2n) is 6.89. The van der Waals surface area contributed by atoms with Crippen LogP contribution in [-0.4, -0.2) is 41.9 Å². The predicted molar refractivity (Wildman–Crippen MR) is 127 cm³/mol. The molecule has 174 valence electrons. The van der Waals surface area contributed by atoms with Gasteiger partial charge >= 0.3 is 5.97 Å². The number of halogens is 1. The number of rotatable bonds is 8. The molecule has 9 nitrogen and oxygen atoms in total. The maximum Gasteiger partial charge on any atom is 0.341 e. The Hall–Kier alpha value is -3.76. The number of aromatic nitrogens is 1. The lowest BCUT2D eigenvalue weighted by Gasteiger charge is -2.10. The zero-order valence-electron chi connectivity index (χ0n) is 17.6. The highest BCUT2D eigenvalue weighted by molar-refractivity contribution is 8.00. The molecule has 0 radical (unpaired) electrons. The summed E-state index contributed by atoms with van der Waals surface area (Å²) in [5, 5.41) is 6.21. The van der Waals surface area contributed by atoms with E-state index < -0.39 is 18.5 Å². The van der Waals surface area contributed by atoms with Gasteiger partial charge in [-0.25, -0.2) is 9.78 Å². The van der Waals surface area contributed by atoms with E-state index in [2.05, 4.69) is 15.6 Å². The van der Waals surface area contributed by atoms with E-state index in [1.165, 1.54) is 12.3 Å². The van der Waals surface area contributed by atoms with Crippen LogP contribution in [0, 0.1) is 0 Å². The molecule has 1 aliphatic heterocycles. The molecule has 2 amide bonds. The summed E-state index contributed by atoms with van der Waals surface area (Å²) in [6.45, 7) is -0.338. The number of anilines is 2. The second-order valence-corrected chi connectivity index (χ2v) is 8.29. The van der Waals surface area contributed by atoms with Crippen molar-refractivity contribution in [3.05, 3.63) is 71.4 Å². The minimum atomic E-state index is -0.724. The topological polar surface area (TPSA) is 116 Å². The first-order chi connectivity index (χ1) is 16.5. The summed E-state index contributed by atoms with van der Waals surface area (Å²) in [6.07, 6.45) is 1.50. The van der Waals surface area contributed by atoms with E-state index in [0.717, 1.165) is 11.8 Å². The summed E-state index contributed by atoms with van der Waals surface area (Å²) < 4.78 is 15.7. The molecule has 4 rings (SSSR count). The number of carbonyl (C=O) groups is 3. The highest BCUT2D eigenvalue weighted by Gasteiger charge is 2.18. The van der Waals surface area contributed by atoms with Crippen molar-refractivity contribution in [3.8, 4) is 11.5 Å². The van der Waals surface area contributed by atoms with Crippen LogP contribution >= 0.6 is 23.4 Å². The molecule has 0 spiro atoms. The van der Waals surface area contributed by atoms with Crippen LogP contribution in [0.1, 0.15) is 10.4 Å². The maximum absolute atomic E-state index is 12.5. The van der Waals surface area contributed by atoms with Crippen molar-refractivity contribution in [1.29, 1.82) is 0 Å². The van der Waals surface area contributed by atoms with Gasteiger partial charge in [-0.1, -0.05) is 23.4 Å². The van der Waals surface area contributed by atoms with Gasteiger partial charge in [0.05, 0.1) is 11.3 Å². The molecule has 11 heteroatoms. The number of thioether (sulfide) groups is 1. The number of hydrogen-bond acceptors (Lipinski definition) is 8. The van der Waals surface area contributed by atoms with Crippen molar-refractivity contribution >= 4 is 52.5 Å². The summed E-state index contributed by atoms with van der Waals surface area (Å²) in [7, 11) is 0. The van der Waals surface area contributed by atoms with Crippen LogP contribution in [0.4, 0.5) is 11.4 Å². The summed E-state index contributed by atoms with van der Waals surface area (Å²) in [5.41, 5.74) is 1.24. The van der Waals surface area contributed by atoms with Crippen molar-refractivity contribution in [1.82, 2.24) is 4.98 Å². The zero-order chi connectivity index (χ0) is 23.9. The minimum Gasteiger partial charge on any atom is -0.454 e. The number of carbonyl (C=O) groups excluding carboxylic acids is 3. The van der Waals surface area contributed by atoms with Crippen molar-refractivity contribution in [3.63, 3.8) is 0 Å². The largest absolute Gasteiger partial charge is 0.454 e. The summed E-state index contributed by atoms with van der Waals surface area (Å²) in [5.74, 6) is -0.347. The monoisotopic (exact) mass is 499 g/mol. The number of pyridine rings is 1. The van der Waals surface area contributed by atoms with E-state index in [9.17, 15) is 14.4 Å². The number of esters is 1. The van der Waals surface area contributed by atoms with Gasteiger partial charge in [-0.2, -0.15) is 0 Å². The third kappa shape index (κ3) is 6.18. The number of nitrogens with one attached hydrogen (secondary N) is 2. The van der Waals surface area contributed by atoms with Crippen LogP contribution in [0.2, 0.25) is 5.02 Å². The number of benzene rings is 2. The Morgan fingerprint density at radius 3 is 2.53 bits per heavy atom. The molecule has 0 atom stereocenters. The van der Waals surface area contributed by atoms with Gasteiger partial charge in [0.25, 0.3) is 5.91 Å². The van der Waals surface area contributed by atoms with Crippen LogP contribution in [0.15, 0.2) is 65.8 Å². The summed E-state index contributed by atoms with van der Waals surface area (Å²) >= 11 is 6.89. The van der Waals surface area contributed by atoms with E-state index in [-0.39, 0.29) is 24.0 Å². The molecule has 34 heavy (non-hydrogen) atoms. The minimum absolute atomic E-state index is 0.00277. The molecule has 2 N–H and O–H groups in total. The predicted octanol–water partition coefficient (Wildman–Crippen LogP) is 3.99. The molecule has 0 bridgehead atoms. The third-order valence-corrected chi connectivity index (χ3v) is 5.71. The Morgan fingerprint density at radius 1 is 0.971 bits per heavy atom. The fraction of sp³-hybridized carbons (Fsp3) is 0.130. The quantitative estimate of drug-likeness (QED) is 0.353. The Morgan fingerprint density at radius 2 is 1.71 bits per heavy atom. The van der Waals surface area contributed by atoms with Gasteiger partial charge in [-0.3, -0.25) is 9.59 Å². The molecule has 2 aromatic carbocycles. The summed E-state index contributed by atoms with van der Waals surface area (Å²) in [6, 6.07) is 14.7. The number of amides is 2. The zero-order valence-corrected chi connectivity index (χ0v) is 19.2. The number of nitrogens with zero attached hydrogens (tertiary/aromatic N) is 1. The fourth-order valence-corrected chi connectivity index (χ4v) is 3.81. The van der Waals surface area contributed by atoms with E-state index in [1.807, 2.05) is 0 Å². The molecule has 0 unspecified atom stereocenters. The first kappa shape index (κ1) is 23.4. The molecular weight excluding hydrogens is 482 g/mol. The standard InChI is InChI=1S/C23H18ClN3O6S/c24-14-3-5-15(6-4-14)26-20(28)11-31-23(30)17-2-1-9-25-22(17)34-12-21(29)27-16-7-8-18-19(10-16)33-13-32-18/h1-10H,11-13H2,(H,26,28)(H,27,29). The van der Waals surface area contributed by atoms with E-state index in [4.69, 9.17) is 25.8 Å². The maximum atomic E-state index is 12.5. The first-order valence-corrected chi connectivity index (χ1v) is 11.3. The van der Waals surface area contributed by atoms with Gasteiger partial charge in [-0.15, -0.1) is 0 Å². The van der Waals surface area contributed by atoms with E-state index >= 15 is 0 Å². The van der Waals surface area contributed by atoms with Crippen LogP contribution < -0.4 is 20.1 Å². The lowest BCUT2D eigenvalue weighted by Crippen LogP contribution is -2.21. The van der Waals surface area contributed by atoms with Crippen LogP contribution in [0.25, 0.3) is 0 Å². The van der Waals surface area contributed by atoms with Gasteiger partial charge in [0.15, 0.2) is 18.1 Å². The van der Waals surface area contributed by atoms with Crippen LogP contribution in [0.3, 0.4) is 0 Å². The highest BCUT2D eigenvalue weighted by Crippen LogP contribution is 2.34. The van der Waals surface area contributed by atoms with E-state index in [1.54, 1.807) is 48.5 Å². The normalized spacial score (nSPS) is 11.6. The average molecular weight is 500 g/mol. The van der Waals surface area contributed by atoms with Gasteiger partial charge in [0, 0.05) is 28.7 Å². The Kier molecular flexibility index (Phi) is 7.51. The molecule has 1 aromatic heterocycles. The number of hydrogen-bond donors (Lipinski definition) is 2. The molecule has 2 heterocycles. The van der Waals surface area contributed by atoms with Crippen molar-refractivity contribution in [2.75, 3.05) is 29.8 Å².